The Kier molecular flexibility index (Phi) is 8.28. The van der Waals surface area contributed by atoms with Crippen LogP contribution >= 0.6 is 11.6 Å². The molecule has 0 aliphatic carbocycles. The molecule has 6 rings (SSSR count). The van der Waals surface area contributed by atoms with E-state index >= 15 is 0 Å². The van der Waals surface area contributed by atoms with Gasteiger partial charge in [-0.15, -0.1) is 5.10 Å². The summed E-state index contributed by atoms with van der Waals surface area (Å²) in [4.78, 5) is 57.5. The molecule has 2 unspecified atom stereocenters. The van der Waals surface area contributed by atoms with Crippen molar-refractivity contribution in [3.63, 3.8) is 0 Å². The molecule has 2 aliphatic rings. The summed E-state index contributed by atoms with van der Waals surface area (Å²) in [6.07, 6.45) is 1.62. The molecule has 1 saturated heterocycles. The first kappa shape index (κ1) is 30.9. The molecule has 0 saturated carbocycles. The number of hydrogen-bond donors (Lipinski definition) is 2. The molecule has 0 bridgehead atoms. The van der Waals surface area contributed by atoms with E-state index in [0.29, 0.717) is 29.9 Å². The number of nitrogens with one attached hydrogen (secondary N) is 1. The topological polar surface area (TPSA) is 141 Å². The van der Waals surface area contributed by atoms with Crippen molar-refractivity contribution >= 4 is 46.7 Å². The third-order valence-corrected chi connectivity index (χ3v) is 8.66. The number of halogens is 2. The number of benzene rings is 3. The van der Waals surface area contributed by atoms with Gasteiger partial charge in [-0.25, -0.2) is 13.9 Å². The van der Waals surface area contributed by atoms with Gasteiger partial charge in [-0.3, -0.25) is 19.3 Å². The third-order valence-electron chi connectivity index (χ3n) is 8.37. The molecule has 1 fully saturated rings. The lowest BCUT2D eigenvalue weighted by molar-refractivity contribution is -0.122. The van der Waals surface area contributed by atoms with Gasteiger partial charge in [-0.2, -0.15) is 0 Å². The van der Waals surface area contributed by atoms with Crippen LogP contribution in [0.25, 0.3) is 5.69 Å². The van der Waals surface area contributed by atoms with Crippen LogP contribution in [0, 0.1) is 5.82 Å². The van der Waals surface area contributed by atoms with Crippen LogP contribution in [0.3, 0.4) is 0 Å². The molecule has 3 aromatic carbocycles. The Morgan fingerprint density at radius 1 is 1.04 bits per heavy atom. The molecule has 236 valence electrons. The normalized spacial score (nSPS) is 18.3. The Labute approximate surface area is 268 Å². The van der Waals surface area contributed by atoms with Crippen molar-refractivity contribution in [3.05, 3.63) is 100 Å². The van der Waals surface area contributed by atoms with Crippen molar-refractivity contribution in [2.75, 3.05) is 36.9 Å². The average Bonchev–Trinajstić information content (AvgIpc) is 3.53. The number of carboxylic acids is 1. The highest BCUT2D eigenvalue weighted by molar-refractivity contribution is 6.30. The molecule has 3 amide bonds. The second-order valence-electron chi connectivity index (χ2n) is 11.3. The number of amides is 3. The number of rotatable bonds is 6. The first-order chi connectivity index (χ1) is 22.0. The molecule has 2 aliphatic heterocycles. The molecule has 46 heavy (non-hydrogen) atoms. The van der Waals surface area contributed by atoms with Crippen molar-refractivity contribution in [3.8, 4) is 5.69 Å². The largest absolute Gasteiger partial charge is 0.478 e. The summed E-state index contributed by atoms with van der Waals surface area (Å²) in [5, 5.41) is 19.9. The predicted octanol–water partition coefficient (Wildman–Crippen LogP) is 3.80. The predicted molar refractivity (Wildman–Crippen MR) is 167 cm³/mol. The van der Waals surface area contributed by atoms with Crippen LogP contribution in [-0.4, -0.2) is 86.3 Å². The van der Waals surface area contributed by atoms with Gasteiger partial charge in [-0.05, 0) is 74.0 Å². The first-order valence-corrected chi connectivity index (χ1v) is 14.9. The Balaban J connectivity index is 1.37. The Morgan fingerprint density at radius 3 is 2.50 bits per heavy atom. The number of carbonyl (C=O) groups is 4. The van der Waals surface area contributed by atoms with Gasteiger partial charge in [0.05, 0.1) is 23.3 Å². The maximum atomic E-state index is 14.7. The molecular formula is C32H29ClFN7O5. The summed E-state index contributed by atoms with van der Waals surface area (Å²) in [6.45, 7) is 2.84. The Morgan fingerprint density at radius 2 is 1.76 bits per heavy atom. The molecule has 2 N–H and O–H groups in total. The Hall–Kier alpha value is -5.14. The zero-order valence-electron chi connectivity index (χ0n) is 24.9. The second kappa shape index (κ2) is 12.3. The summed E-state index contributed by atoms with van der Waals surface area (Å²) in [5.41, 5.74) is 2.24. The van der Waals surface area contributed by atoms with Crippen LogP contribution in [0.15, 0.2) is 66.9 Å². The molecule has 4 aromatic rings. The minimum atomic E-state index is -1.15. The van der Waals surface area contributed by atoms with Crippen LogP contribution in [0.5, 0.6) is 0 Å². The number of fused-ring (bicyclic) bond motifs is 1. The monoisotopic (exact) mass is 645 g/mol. The summed E-state index contributed by atoms with van der Waals surface area (Å²) >= 11 is 5.93. The second-order valence-corrected chi connectivity index (χ2v) is 11.7. The van der Waals surface area contributed by atoms with Crippen molar-refractivity contribution in [1.29, 1.82) is 0 Å². The molecule has 0 spiro atoms. The summed E-state index contributed by atoms with van der Waals surface area (Å²) in [5.74, 6) is -3.08. The van der Waals surface area contributed by atoms with E-state index in [1.54, 1.807) is 17.0 Å². The summed E-state index contributed by atoms with van der Waals surface area (Å²) < 4.78 is 15.8. The van der Waals surface area contributed by atoms with E-state index in [-0.39, 0.29) is 47.0 Å². The van der Waals surface area contributed by atoms with Crippen molar-refractivity contribution < 1.29 is 28.7 Å². The third kappa shape index (κ3) is 5.70. The fourth-order valence-electron chi connectivity index (χ4n) is 5.80. The lowest BCUT2D eigenvalue weighted by atomic mass is 9.89. The molecule has 2 atom stereocenters. The minimum absolute atomic E-state index is 0.00199. The SMILES string of the molecule is CC1CN(c2cccc3c2CCN(C(=O)c2cn(-c4cccc(Cl)c4F)nn2)C3C(=O)Nc2ccc(C(=O)O)cc2)C(=O)CN1C. The van der Waals surface area contributed by atoms with E-state index in [4.69, 9.17) is 11.6 Å². The van der Waals surface area contributed by atoms with Gasteiger partial charge in [0.2, 0.25) is 5.91 Å². The van der Waals surface area contributed by atoms with Crippen LogP contribution in [-0.2, 0) is 16.0 Å². The summed E-state index contributed by atoms with van der Waals surface area (Å²) in [6, 6.07) is 14.3. The fraction of sp³-hybridized carbons (Fsp3) is 0.250. The number of aromatic nitrogens is 3. The number of nitrogens with zero attached hydrogens (tertiary/aromatic N) is 6. The molecule has 0 radical (unpaired) electrons. The lowest BCUT2D eigenvalue weighted by Gasteiger charge is -2.41. The number of carboxylic acid groups (broad SMARTS) is 1. The van der Waals surface area contributed by atoms with Gasteiger partial charge in [0, 0.05) is 30.5 Å². The minimum Gasteiger partial charge on any atom is -0.478 e. The van der Waals surface area contributed by atoms with Gasteiger partial charge < -0.3 is 20.2 Å². The zero-order valence-corrected chi connectivity index (χ0v) is 25.6. The number of hydrogen-bond acceptors (Lipinski definition) is 7. The highest BCUT2D eigenvalue weighted by Gasteiger charge is 2.40. The van der Waals surface area contributed by atoms with Crippen LogP contribution < -0.4 is 10.2 Å². The molecule has 14 heteroatoms. The van der Waals surface area contributed by atoms with E-state index < -0.39 is 29.6 Å². The molecule has 1 aromatic heterocycles. The lowest BCUT2D eigenvalue weighted by Crippen LogP contribution is -2.54. The quantitative estimate of drug-likeness (QED) is 0.323. The van der Waals surface area contributed by atoms with E-state index in [2.05, 4.69) is 15.6 Å². The van der Waals surface area contributed by atoms with Crippen molar-refractivity contribution in [2.24, 2.45) is 0 Å². The number of piperazine rings is 1. The molecular weight excluding hydrogens is 617 g/mol. The van der Waals surface area contributed by atoms with E-state index in [9.17, 15) is 28.7 Å². The smallest absolute Gasteiger partial charge is 0.335 e. The van der Waals surface area contributed by atoms with Gasteiger partial charge in [0.15, 0.2) is 11.5 Å². The highest BCUT2D eigenvalue weighted by atomic mass is 35.5. The van der Waals surface area contributed by atoms with Crippen LogP contribution in [0.1, 0.15) is 44.9 Å². The maximum absolute atomic E-state index is 14.7. The van der Waals surface area contributed by atoms with Crippen molar-refractivity contribution in [2.45, 2.75) is 25.4 Å². The number of carbonyl (C=O) groups excluding carboxylic acids is 3. The Bertz CT molecular complexity index is 1860. The van der Waals surface area contributed by atoms with Crippen LogP contribution in [0.2, 0.25) is 5.02 Å². The van der Waals surface area contributed by atoms with Crippen molar-refractivity contribution in [1.82, 2.24) is 24.8 Å². The van der Waals surface area contributed by atoms with Gasteiger partial charge >= 0.3 is 5.97 Å². The number of anilines is 2. The van der Waals surface area contributed by atoms with E-state index in [1.807, 2.05) is 24.9 Å². The van der Waals surface area contributed by atoms with Gasteiger partial charge in [-0.1, -0.05) is 35.0 Å². The van der Waals surface area contributed by atoms with E-state index in [0.717, 1.165) is 10.2 Å². The standard InChI is InChI=1S/C32H29ClFN7O5/c1-18-15-40(27(42)17-38(18)2)25-7-3-5-22-21(25)13-14-39(29(22)30(43)35-20-11-9-19(10-12-20)32(45)46)31(44)24-16-41(37-36-24)26-8-4-6-23(33)28(26)34/h3-12,16,18,29H,13-15,17H2,1-2H3,(H,35,43)(H,45,46). The van der Waals surface area contributed by atoms with Gasteiger partial charge in [0.25, 0.3) is 11.8 Å². The van der Waals surface area contributed by atoms with Crippen LogP contribution in [0.4, 0.5) is 15.8 Å². The number of likely N-dealkylation sites (N-methyl/N-ethyl adjacent to an activating group) is 1. The average molecular weight is 646 g/mol. The zero-order chi connectivity index (χ0) is 32.7. The van der Waals surface area contributed by atoms with Gasteiger partial charge in [0.1, 0.15) is 11.7 Å². The maximum Gasteiger partial charge on any atom is 0.335 e. The summed E-state index contributed by atoms with van der Waals surface area (Å²) in [7, 11) is 1.89. The fourth-order valence-corrected chi connectivity index (χ4v) is 5.97. The number of aromatic carboxylic acids is 1. The highest BCUT2D eigenvalue weighted by Crippen LogP contribution is 2.38. The first-order valence-electron chi connectivity index (χ1n) is 14.5. The van der Waals surface area contributed by atoms with E-state index in [1.165, 1.54) is 53.6 Å². The molecule has 12 nitrogen and oxygen atoms in total. The molecule has 3 heterocycles.